The normalized spacial score (nSPS) is 19.5. The molecule has 0 radical (unpaired) electrons. The number of phenolic OH excluding ortho intramolecular Hbond substituents is 2. The number of carbonyl (C=O) groups excluding carboxylic acids is 2. The van der Waals surface area contributed by atoms with E-state index in [1.807, 2.05) is 0 Å². The third-order valence-electron chi connectivity index (χ3n) is 5.36. The van der Waals surface area contributed by atoms with Crippen molar-refractivity contribution in [1.82, 2.24) is 0 Å². The lowest BCUT2D eigenvalue weighted by molar-refractivity contribution is -0.150. The van der Waals surface area contributed by atoms with Crippen molar-refractivity contribution in [3.63, 3.8) is 0 Å². The molecule has 3 rings (SSSR count). The molecular formula is C19H18O6. The predicted molar refractivity (Wildman–Crippen MR) is 90.1 cm³/mol. The van der Waals surface area contributed by atoms with Crippen molar-refractivity contribution in [2.24, 2.45) is 11.3 Å². The minimum Gasteiger partial charge on any atom is -0.507 e. The standard InChI is InChI=1S/C19H18O6/c1-3-19(2,18(24)25)11-8-13(21)15-10(16(11)22)7-9-5-4-6-12(20)14(9)17(15)23/h4-7,11,20,23H,3,8H2,1-2H3,(H,24,25). The maximum atomic E-state index is 13.0. The van der Waals surface area contributed by atoms with Crippen LogP contribution in [0.2, 0.25) is 0 Å². The van der Waals surface area contributed by atoms with Crippen LogP contribution in [0, 0.1) is 11.3 Å². The summed E-state index contributed by atoms with van der Waals surface area (Å²) >= 11 is 0. The van der Waals surface area contributed by atoms with E-state index in [0.717, 1.165) is 0 Å². The minimum atomic E-state index is -1.37. The molecule has 0 saturated carbocycles. The van der Waals surface area contributed by atoms with Crippen LogP contribution in [0.15, 0.2) is 24.3 Å². The fourth-order valence-corrected chi connectivity index (χ4v) is 3.52. The van der Waals surface area contributed by atoms with Crippen molar-refractivity contribution < 1.29 is 29.7 Å². The third kappa shape index (κ3) is 2.28. The summed E-state index contributed by atoms with van der Waals surface area (Å²) in [5, 5.41) is 30.5. The van der Waals surface area contributed by atoms with Gasteiger partial charge in [0.2, 0.25) is 0 Å². The number of Topliss-reactive ketones (excluding diaryl/α,β-unsaturated/α-hetero) is 2. The van der Waals surface area contributed by atoms with Crippen molar-refractivity contribution in [1.29, 1.82) is 0 Å². The Labute approximate surface area is 143 Å². The van der Waals surface area contributed by atoms with Gasteiger partial charge in [0.25, 0.3) is 0 Å². The molecule has 0 aromatic heterocycles. The van der Waals surface area contributed by atoms with Gasteiger partial charge < -0.3 is 15.3 Å². The Balaban J connectivity index is 2.27. The van der Waals surface area contributed by atoms with Crippen LogP contribution in [0.1, 0.15) is 47.4 Å². The Morgan fingerprint density at radius 1 is 1.28 bits per heavy atom. The van der Waals surface area contributed by atoms with Crippen molar-refractivity contribution in [3.05, 3.63) is 35.4 Å². The summed E-state index contributed by atoms with van der Waals surface area (Å²) in [5.74, 6) is -3.72. The highest BCUT2D eigenvalue weighted by atomic mass is 16.4. The number of carbonyl (C=O) groups is 3. The average Bonchev–Trinajstić information content (AvgIpc) is 2.56. The summed E-state index contributed by atoms with van der Waals surface area (Å²) in [6.07, 6.45) is -0.0865. The lowest BCUT2D eigenvalue weighted by atomic mass is 9.65. The number of ketones is 2. The van der Waals surface area contributed by atoms with Crippen LogP contribution < -0.4 is 0 Å². The molecule has 2 unspecified atom stereocenters. The molecule has 0 spiro atoms. The van der Waals surface area contributed by atoms with Crippen molar-refractivity contribution in [3.8, 4) is 11.5 Å². The van der Waals surface area contributed by atoms with Gasteiger partial charge in [-0.2, -0.15) is 0 Å². The summed E-state index contributed by atoms with van der Waals surface area (Å²) in [6, 6.07) is 5.98. The molecular weight excluding hydrogens is 324 g/mol. The van der Waals surface area contributed by atoms with Gasteiger partial charge in [-0.3, -0.25) is 14.4 Å². The van der Waals surface area contributed by atoms with Gasteiger partial charge in [0, 0.05) is 17.9 Å². The molecule has 1 aliphatic rings. The summed E-state index contributed by atoms with van der Waals surface area (Å²) in [6.45, 7) is 3.13. The zero-order valence-corrected chi connectivity index (χ0v) is 13.9. The summed E-state index contributed by atoms with van der Waals surface area (Å²) < 4.78 is 0. The number of fused-ring (bicyclic) bond motifs is 2. The zero-order valence-electron chi connectivity index (χ0n) is 13.9. The van der Waals surface area contributed by atoms with E-state index in [9.17, 15) is 29.7 Å². The largest absolute Gasteiger partial charge is 0.507 e. The quantitative estimate of drug-likeness (QED) is 0.790. The second-order valence-corrected chi connectivity index (χ2v) is 6.64. The first-order chi connectivity index (χ1) is 11.7. The van der Waals surface area contributed by atoms with Gasteiger partial charge in [-0.05, 0) is 30.9 Å². The smallest absolute Gasteiger partial charge is 0.310 e. The number of hydrogen-bond donors (Lipinski definition) is 3. The number of aromatic hydroxyl groups is 2. The molecule has 25 heavy (non-hydrogen) atoms. The van der Waals surface area contributed by atoms with Gasteiger partial charge in [0.15, 0.2) is 11.6 Å². The molecule has 0 aliphatic heterocycles. The number of phenols is 2. The molecule has 0 heterocycles. The van der Waals surface area contributed by atoms with Gasteiger partial charge in [-0.15, -0.1) is 0 Å². The topological polar surface area (TPSA) is 112 Å². The Hall–Kier alpha value is -2.89. The van der Waals surface area contributed by atoms with E-state index in [4.69, 9.17) is 0 Å². The van der Waals surface area contributed by atoms with Crippen LogP contribution in [-0.4, -0.2) is 32.9 Å². The minimum absolute atomic E-state index is 0.0118. The maximum Gasteiger partial charge on any atom is 0.310 e. The van der Waals surface area contributed by atoms with Gasteiger partial charge >= 0.3 is 5.97 Å². The molecule has 2 aromatic rings. The molecule has 1 aliphatic carbocycles. The first-order valence-corrected chi connectivity index (χ1v) is 8.00. The Kier molecular flexibility index (Phi) is 3.78. The highest BCUT2D eigenvalue weighted by molar-refractivity contribution is 6.20. The monoisotopic (exact) mass is 342 g/mol. The van der Waals surface area contributed by atoms with Crippen LogP contribution in [-0.2, 0) is 4.79 Å². The summed E-state index contributed by atoms with van der Waals surface area (Å²) in [4.78, 5) is 37.3. The molecule has 6 heteroatoms. The van der Waals surface area contributed by atoms with E-state index in [2.05, 4.69) is 0 Å². The molecule has 0 bridgehead atoms. The third-order valence-corrected chi connectivity index (χ3v) is 5.36. The summed E-state index contributed by atoms with van der Waals surface area (Å²) in [5.41, 5.74) is -1.50. The number of hydrogen-bond acceptors (Lipinski definition) is 5. The van der Waals surface area contributed by atoms with Gasteiger partial charge in [-0.1, -0.05) is 19.1 Å². The first kappa shape index (κ1) is 17.0. The second kappa shape index (κ2) is 5.58. The molecule has 0 saturated heterocycles. The van der Waals surface area contributed by atoms with E-state index in [1.165, 1.54) is 19.1 Å². The lowest BCUT2D eigenvalue weighted by Gasteiger charge is -2.34. The van der Waals surface area contributed by atoms with E-state index in [-0.39, 0.29) is 35.1 Å². The van der Waals surface area contributed by atoms with E-state index >= 15 is 0 Å². The van der Waals surface area contributed by atoms with Crippen LogP contribution in [0.25, 0.3) is 10.8 Å². The molecule has 0 amide bonds. The number of carboxylic acids is 1. The van der Waals surface area contributed by atoms with E-state index in [1.54, 1.807) is 19.1 Å². The second-order valence-electron chi connectivity index (χ2n) is 6.64. The molecule has 0 fully saturated rings. The molecule has 6 nitrogen and oxygen atoms in total. The van der Waals surface area contributed by atoms with Crippen molar-refractivity contribution in [2.45, 2.75) is 26.7 Å². The Morgan fingerprint density at radius 2 is 1.96 bits per heavy atom. The van der Waals surface area contributed by atoms with Crippen LogP contribution in [0.3, 0.4) is 0 Å². The Bertz CT molecular complexity index is 929. The lowest BCUT2D eigenvalue weighted by Crippen LogP contribution is -2.43. The molecule has 130 valence electrons. The molecule has 2 aromatic carbocycles. The van der Waals surface area contributed by atoms with Crippen LogP contribution in [0.5, 0.6) is 11.5 Å². The maximum absolute atomic E-state index is 13.0. The Morgan fingerprint density at radius 3 is 2.56 bits per heavy atom. The van der Waals surface area contributed by atoms with Crippen molar-refractivity contribution >= 4 is 28.3 Å². The first-order valence-electron chi connectivity index (χ1n) is 8.00. The van der Waals surface area contributed by atoms with Gasteiger partial charge in [0.05, 0.1) is 16.4 Å². The highest BCUT2D eigenvalue weighted by Crippen LogP contribution is 2.45. The fourth-order valence-electron chi connectivity index (χ4n) is 3.52. The van der Waals surface area contributed by atoms with Crippen LogP contribution >= 0.6 is 0 Å². The SMILES string of the molecule is CCC(C)(C(=O)O)C1CC(=O)c2c(cc3cccc(O)c3c2O)C1=O. The van der Waals surface area contributed by atoms with E-state index in [0.29, 0.717) is 5.39 Å². The van der Waals surface area contributed by atoms with Gasteiger partial charge in [-0.25, -0.2) is 0 Å². The number of aliphatic carboxylic acids is 1. The predicted octanol–water partition coefficient (Wildman–Crippen LogP) is 3.14. The van der Waals surface area contributed by atoms with Crippen LogP contribution in [0.4, 0.5) is 0 Å². The summed E-state index contributed by atoms with van der Waals surface area (Å²) in [7, 11) is 0. The molecule has 3 N–H and O–H groups in total. The number of benzene rings is 2. The average molecular weight is 342 g/mol. The van der Waals surface area contributed by atoms with E-state index < -0.39 is 34.6 Å². The van der Waals surface area contributed by atoms with Gasteiger partial charge in [0.1, 0.15) is 11.5 Å². The fraction of sp³-hybridized carbons (Fsp3) is 0.316. The highest BCUT2D eigenvalue weighted by Gasteiger charge is 2.49. The number of rotatable bonds is 3. The number of carboxylic acid groups (broad SMARTS) is 1. The van der Waals surface area contributed by atoms with Crippen molar-refractivity contribution in [2.75, 3.05) is 0 Å². The molecule has 2 atom stereocenters. The zero-order chi connectivity index (χ0) is 18.5.